The predicted octanol–water partition coefficient (Wildman–Crippen LogP) is 2.73. The molecule has 0 atom stereocenters. The lowest BCUT2D eigenvalue weighted by molar-refractivity contribution is -0.121. The minimum atomic E-state index is 0. The predicted molar refractivity (Wildman–Crippen MR) is 92.3 cm³/mol. The number of amides is 1. The largest absolute Gasteiger partial charge is 0.356 e. The second-order valence-electron chi connectivity index (χ2n) is 4.66. The number of nitrogens with two attached hydrogens (primary N) is 1. The number of fused-ring (bicyclic) bond motifs is 1. The first-order valence-corrected chi connectivity index (χ1v) is 6.82. The summed E-state index contributed by atoms with van der Waals surface area (Å²) in [7, 11) is 0. The first-order chi connectivity index (χ1) is 9.31. The molecule has 0 radical (unpaired) electrons. The molecule has 1 heterocycles. The second kappa shape index (κ2) is 10.5. The molecule has 3 N–H and O–H groups in total. The van der Waals surface area contributed by atoms with Gasteiger partial charge in [-0.2, -0.15) is 0 Å². The zero-order valence-corrected chi connectivity index (χ0v) is 13.6. The normalized spacial score (nSPS) is 9.76. The van der Waals surface area contributed by atoms with Gasteiger partial charge in [0.1, 0.15) is 0 Å². The quantitative estimate of drug-likeness (QED) is 0.766. The highest BCUT2D eigenvalue weighted by Crippen LogP contribution is 2.15. The molecule has 2 aromatic rings. The van der Waals surface area contributed by atoms with Crippen LogP contribution in [0.5, 0.6) is 0 Å². The van der Waals surface area contributed by atoms with Crippen molar-refractivity contribution in [2.24, 2.45) is 5.73 Å². The van der Waals surface area contributed by atoms with Crippen LogP contribution in [0.1, 0.15) is 19.3 Å². The Hall–Kier alpha value is -1.23. The molecule has 0 bridgehead atoms. The van der Waals surface area contributed by atoms with Gasteiger partial charge in [-0.3, -0.25) is 4.79 Å². The summed E-state index contributed by atoms with van der Waals surface area (Å²) < 4.78 is 2.22. The molecule has 4 nitrogen and oxygen atoms in total. The molecule has 0 fully saturated rings. The van der Waals surface area contributed by atoms with E-state index in [4.69, 9.17) is 5.73 Å². The van der Waals surface area contributed by atoms with Crippen LogP contribution in [0, 0.1) is 0 Å². The molecule has 0 saturated heterocycles. The minimum absolute atomic E-state index is 0. The van der Waals surface area contributed by atoms with Crippen molar-refractivity contribution >= 4 is 41.6 Å². The van der Waals surface area contributed by atoms with Gasteiger partial charge in [0.2, 0.25) is 5.91 Å². The molecule has 0 unspecified atom stereocenters. The van der Waals surface area contributed by atoms with Crippen LogP contribution in [0.2, 0.25) is 0 Å². The third kappa shape index (κ3) is 5.96. The maximum atomic E-state index is 11.4. The van der Waals surface area contributed by atoms with E-state index in [1.165, 1.54) is 10.9 Å². The van der Waals surface area contributed by atoms with Crippen molar-refractivity contribution in [3.8, 4) is 0 Å². The van der Waals surface area contributed by atoms with Crippen LogP contribution in [-0.4, -0.2) is 23.6 Å². The van der Waals surface area contributed by atoms with Crippen LogP contribution >= 0.6 is 24.8 Å². The number of carbonyl (C=O) groups is 1. The molecule has 0 aliphatic carbocycles. The fourth-order valence-electron chi connectivity index (χ4n) is 2.16. The van der Waals surface area contributed by atoms with Crippen molar-refractivity contribution in [2.75, 3.05) is 13.1 Å². The minimum Gasteiger partial charge on any atom is -0.356 e. The van der Waals surface area contributed by atoms with Crippen molar-refractivity contribution in [3.05, 3.63) is 36.5 Å². The molecule has 0 aliphatic rings. The van der Waals surface area contributed by atoms with Crippen LogP contribution in [0.4, 0.5) is 0 Å². The highest BCUT2D eigenvalue weighted by atomic mass is 35.5. The average Bonchev–Trinajstić information content (AvgIpc) is 2.85. The monoisotopic (exact) mass is 331 g/mol. The number of aromatic nitrogens is 1. The third-order valence-electron chi connectivity index (χ3n) is 3.19. The van der Waals surface area contributed by atoms with Gasteiger partial charge in [0, 0.05) is 31.2 Å². The summed E-state index contributed by atoms with van der Waals surface area (Å²) in [5, 5.41) is 4.18. The topological polar surface area (TPSA) is 60.1 Å². The smallest absolute Gasteiger partial charge is 0.220 e. The molecule has 21 heavy (non-hydrogen) atoms. The molecule has 1 amide bonds. The number of rotatable bonds is 7. The molecule has 0 aliphatic heterocycles. The van der Waals surface area contributed by atoms with Crippen molar-refractivity contribution in [2.45, 2.75) is 25.8 Å². The zero-order valence-electron chi connectivity index (χ0n) is 12.0. The molecule has 1 aromatic carbocycles. The number of nitrogens with one attached hydrogen (secondary N) is 1. The van der Waals surface area contributed by atoms with Gasteiger partial charge in [0.05, 0.1) is 0 Å². The van der Waals surface area contributed by atoms with E-state index in [9.17, 15) is 4.79 Å². The summed E-state index contributed by atoms with van der Waals surface area (Å²) in [6.45, 7) is 2.21. The Labute approximate surface area is 137 Å². The van der Waals surface area contributed by atoms with Gasteiger partial charge in [0.25, 0.3) is 0 Å². The number of carbonyl (C=O) groups excluding carboxylic acids is 1. The van der Waals surface area contributed by atoms with Crippen LogP contribution in [0.15, 0.2) is 36.5 Å². The van der Waals surface area contributed by atoms with Crippen LogP contribution in [0.3, 0.4) is 0 Å². The number of hydrogen-bond donors (Lipinski definition) is 2. The van der Waals surface area contributed by atoms with E-state index >= 15 is 0 Å². The number of para-hydroxylation sites is 1. The van der Waals surface area contributed by atoms with Crippen molar-refractivity contribution in [3.63, 3.8) is 0 Å². The highest BCUT2D eigenvalue weighted by molar-refractivity contribution is 5.85. The number of nitrogens with zero attached hydrogens (tertiary/aromatic N) is 1. The summed E-state index contributed by atoms with van der Waals surface area (Å²) >= 11 is 0. The standard InChI is InChI=1S/C15H21N3O.2ClH/c16-9-3-7-15(19)17-10-4-11-18-12-8-13-5-1-2-6-14(13)18;;/h1-2,5-6,8,12H,3-4,7,9-11,16H2,(H,17,19);2*1H. The van der Waals surface area contributed by atoms with E-state index in [1.54, 1.807) is 0 Å². The molecule has 2 rings (SSSR count). The van der Waals surface area contributed by atoms with Gasteiger partial charge in [-0.15, -0.1) is 24.8 Å². The number of benzene rings is 1. The maximum Gasteiger partial charge on any atom is 0.220 e. The first kappa shape index (κ1) is 19.8. The lowest BCUT2D eigenvalue weighted by Crippen LogP contribution is -2.25. The van der Waals surface area contributed by atoms with E-state index in [1.807, 2.05) is 12.1 Å². The summed E-state index contributed by atoms with van der Waals surface area (Å²) in [6, 6.07) is 10.4. The van der Waals surface area contributed by atoms with Gasteiger partial charge in [-0.05, 0) is 36.9 Å². The Bertz CT molecular complexity index is 542. The molecule has 1 aromatic heterocycles. The van der Waals surface area contributed by atoms with E-state index in [0.29, 0.717) is 13.0 Å². The molecular formula is C15H23Cl2N3O. The molecular weight excluding hydrogens is 309 g/mol. The Kier molecular flexibility index (Phi) is 9.88. The van der Waals surface area contributed by atoms with Crippen molar-refractivity contribution in [1.29, 1.82) is 0 Å². The van der Waals surface area contributed by atoms with Gasteiger partial charge < -0.3 is 15.6 Å². The Morgan fingerprint density at radius 3 is 2.67 bits per heavy atom. The van der Waals surface area contributed by atoms with Gasteiger partial charge in [-0.1, -0.05) is 18.2 Å². The Morgan fingerprint density at radius 1 is 1.14 bits per heavy atom. The Balaban J connectivity index is 0.00000200. The molecule has 118 valence electrons. The van der Waals surface area contributed by atoms with E-state index < -0.39 is 0 Å². The zero-order chi connectivity index (χ0) is 13.5. The summed E-state index contributed by atoms with van der Waals surface area (Å²) in [5.41, 5.74) is 6.61. The number of halogens is 2. The van der Waals surface area contributed by atoms with E-state index in [2.05, 4.69) is 34.3 Å². The van der Waals surface area contributed by atoms with Crippen molar-refractivity contribution < 1.29 is 4.79 Å². The lowest BCUT2D eigenvalue weighted by Gasteiger charge is -2.07. The highest BCUT2D eigenvalue weighted by Gasteiger charge is 2.01. The van der Waals surface area contributed by atoms with E-state index in [0.717, 1.165) is 25.9 Å². The first-order valence-electron chi connectivity index (χ1n) is 6.82. The fraction of sp³-hybridized carbons (Fsp3) is 0.400. The van der Waals surface area contributed by atoms with Gasteiger partial charge in [0.15, 0.2) is 0 Å². The Morgan fingerprint density at radius 2 is 1.90 bits per heavy atom. The lowest BCUT2D eigenvalue weighted by atomic mass is 10.2. The second-order valence-corrected chi connectivity index (χ2v) is 4.66. The van der Waals surface area contributed by atoms with Crippen LogP contribution in [-0.2, 0) is 11.3 Å². The number of hydrogen-bond acceptors (Lipinski definition) is 2. The molecule has 6 heteroatoms. The van der Waals surface area contributed by atoms with Crippen LogP contribution < -0.4 is 11.1 Å². The summed E-state index contributed by atoms with van der Waals surface area (Å²) in [5.74, 6) is 0.0998. The molecule has 0 spiro atoms. The SMILES string of the molecule is Cl.Cl.NCCCC(=O)NCCCn1ccc2ccccc21. The average molecular weight is 332 g/mol. The number of aryl methyl sites for hydroxylation is 1. The summed E-state index contributed by atoms with van der Waals surface area (Å²) in [4.78, 5) is 11.4. The maximum absolute atomic E-state index is 11.4. The molecule has 0 saturated carbocycles. The van der Waals surface area contributed by atoms with Gasteiger partial charge in [-0.25, -0.2) is 0 Å². The van der Waals surface area contributed by atoms with E-state index in [-0.39, 0.29) is 30.7 Å². The van der Waals surface area contributed by atoms with Crippen LogP contribution in [0.25, 0.3) is 10.9 Å². The summed E-state index contributed by atoms with van der Waals surface area (Å²) in [6.07, 6.45) is 4.32. The third-order valence-corrected chi connectivity index (χ3v) is 3.19. The van der Waals surface area contributed by atoms with Gasteiger partial charge >= 0.3 is 0 Å². The fourth-order valence-corrected chi connectivity index (χ4v) is 2.16. The van der Waals surface area contributed by atoms with Crippen molar-refractivity contribution in [1.82, 2.24) is 9.88 Å².